The van der Waals surface area contributed by atoms with Crippen molar-refractivity contribution < 1.29 is 38.7 Å². The van der Waals surface area contributed by atoms with Crippen LogP contribution in [0.15, 0.2) is 60.8 Å². The maximum atomic E-state index is 12.7. The average Bonchev–Trinajstić information content (AvgIpc) is 3.31. The number of unbranched alkanes of at least 4 members (excludes halogenated alkanes) is 26. The van der Waals surface area contributed by atoms with E-state index in [1.54, 1.807) is 6.08 Å². The molecule has 8 nitrogen and oxygen atoms in total. The van der Waals surface area contributed by atoms with E-state index in [1.807, 2.05) is 12.2 Å². The van der Waals surface area contributed by atoms with E-state index < -0.39 is 12.1 Å². The van der Waals surface area contributed by atoms with Crippen molar-refractivity contribution in [2.24, 2.45) is 0 Å². The van der Waals surface area contributed by atoms with E-state index in [9.17, 15) is 19.6 Å². The van der Waals surface area contributed by atoms with Crippen molar-refractivity contribution in [3.63, 3.8) is 0 Å². The van der Waals surface area contributed by atoms with Crippen LogP contribution in [0.3, 0.4) is 0 Å². The summed E-state index contributed by atoms with van der Waals surface area (Å²) in [4.78, 5) is 42.6. The van der Waals surface area contributed by atoms with Gasteiger partial charge in [0.25, 0.3) is 0 Å². The van der Waals surface area contributed by atoms with Crippen molar-refractivity contribution in [3.8, 4) is 0 Å². The summed E-state index contributed by atoms with van der Waals surface area (Å²) in [5.74, 6) is -1.24. The predicted octanol–water partition coefficient (Wildman–Crippen LogP) is 17.1. The van der Waals surface area contributed by atoms with Gasteiger partial charge in [-0.15, -0.1) is 0 Å². The minimum absolute atomic E-state index is 0.0574. The highest BCUT2D eigenvalue weighted by Gasteiger charge is 2.18. The topological polar surface area (TPSA) is 108 Å². The van der Waals surface area contributed by atoms with Gasteiger partial charge in [0.05, 0.1) is 6.10 Å². The molecule has 2 atom stereocenters. The first-order valence-electron chi connectivity index (χ1n) is 27.1. The molecule has 0 aliphatic rings. The van der Waals surface area contributed by atoms with Crippen LogP contribution in [0, 0.1) is 0 Å². The number of rotatable bonds is 49. The Hall–Kier alpha value is -2.97. The Balaban J connectivity index is 4.58. The largest absolute Gasteiger partial charge is 0.462 e. The summed E-state index contributed by atoms with van der Waals surface area (Å²) in [6.45, 7) is 6.38. The second-order valence-electron chi connectivity index (χ2n) is 18.1. The van der Waals surface area contributed by atoms with Gasteiger partial charge in [-0.2, -0.15) is 0 Å². The van der Waals surface area contributed by atoms with E-state index in [1.165, 1.54) is 102 Å². The molecule has 0 aromatic carbocycles. The highest BCUT2D eigenvalue weighted by Crippen LogP contribution is 2.16. The molecular formula is C57H100O8. The minimum atomic E-state index is -0.880. The lowest BCUT2D eigenvalue weighted by molar-refractivity contribution is -0.281. The van der Waals surface area contributed by atoms with E-state index >= 15 is 0 Å². The number of hydrogen-bond acceptors (Lipinski definition) is 8. The van der Waals surface area contributed by atoms with Crippen molar-refractivity contribution in [2.75, 3.05) is 13.2 Å². The lowest BCUT2D eigenvalue weighted by atomic mass is 10.0. The fourth-order valence-electron chi connectivity index (χ4n) is 7.60. The van der Waals surface area contributed by atoms with Crippen LogP contribution in [-0.4, -0.2) is 48.6 Å². The van der Waals surface area contributed by atoms with Crippen LogP contribution < -0.4 is 0 Å². The van der Waals surface area contributed by atoms with Gasteiger partial charge in [0.2, 0.25) is 0 Å². The first kappa shape index (κ1) is 62.0. The van der Waals surface area contributed by atoms with Crippen molar-refractivity contribution in [3.05, 3.63) is 60.8 Å². The van der Waals surface area contributed by atoms with Crippen LogP contribution in [-0.2, 0) is 33.5 Å². The van der Waals surface area contributed by atoms with Crippen molar-refractivity contribution >= 4 is 17.9 Å². The summed E-state index contributed by atoms with van der Waals surface area (Å²) in [7, 11) is 0. The molecule has 0 spiro atoms. The Morgan fingerprint density at radius 2 is 0.785 bits per heavy atom. The minimum Gasteiger partial charge on any atom is -0.462 e. The van der Waals surface area contributed by atoms with Gasteiger partial charge in [0, 0.05) is 18.9 Å². The molecule has 0 aromatic rings. The molecule has 0 saturated carbocycles. The van der Waals surface area contributed by atoms with E-state index in [4.69, 9.17) is 14.2 Å². The quantitative estimate of drug-likeness (QED) is 0.00940. The molecule has 0 saturated heterocycles. The lowest BCUT2D eigenvalue weighted by Crippen LogP contribution is -2.30. The molecule has 0 amide bonds. The Bertz CT molecular complexity index is 1200. The smallest absolute Gasteiger partial charge is 0.331 e. The summed E-state index contributed by atoms with van der Waals surface area (Å²) in [5.41, 5.74) is 0. The zero-order valence-electron chi connectivity index (χ0n) is 42.3. The van der Waals surface area contributed by atoms with Crippen LogP contribution in [0.1, 0.15) is 258 Å². The Labute approximate surface area is 399 Å². The van der Waals surface area contributed by atoms with Gasteiger partial charge in [-0.3, -0.25) is 14.8 Å². The first-order chi connectivity index (χ1) is 32.0. The van der Waals surface area contributed by atoms with Crippen LogP contribution in [0.4, 0.5) is 0 Å². The summed E-state index contributed by atoms with van der Waals surface area (Å²) in [6, 6.07) is 0. The number of allylic oxidation sites excluding steroid dienone is 9. The van der Waals surface area contributed by atoms with Crippen molar-refractivity contribution in [2.45, 2.75) is 271 Å². The number of carbonyl (C=O) groups is 3. The molecule has 0 aromatic heterocycles. The average molecular weight is 913 g/mol. The Kier molecular flexibility index (Phi) is 49.6. The fraction of sp³-hybridized carbons (Fsp3) is 0.772. The summed E-state index contributed by atoms with van der Waals surface area (Å²) >= 11 is 0. The molecule has 0 rings (SSSR count). The van der Waals surface area contributed by atoms with Gasteiger partial charge in [-0.1, -0.05) is 204 Å². The molecule has 0 fully saturated rings. The zero-order valence-corrected chi connectivity index (χ0v) is 42.3. The molecule has 0 aliphatic heterocycles. The van der Waals surface area contributed by atoms with Crippen molar-refractivity contribution in [1.82, 2.24) is 0 Å². The molecule has 65 heavy (non-hydrogen) atoms. The fourth-order valence-corrected chi connectivity index (χ4v) is 7.60. The molecule has 8 heteroatoms. The first-order valence-corrected chi connectivity index (χ1v) is 27.1. The third-order valence-electron chi connectivity index (χ3n) is 11.8. The molecule has 0 heterocycles. The molecule has 2 unspecified atom stereocenters. The highest BCUT2D eigenvalue weighted by atomic mass is 17.1. The van der Waals surface area contributed by atoms with Crippen LogP contribution in [0.5, 0.6) is 0 Å². The number of carbonyl (C=O) groups excluding carboxylic acids is 3. The third-order valence-corrected chi connectivity index (χ3v) is 11.8. The third kappa shape index (κ3) is 48.8. The maximum absolute atomic E-state index is 12.7. The highest BCUT2D eigenvalue weighted by molar-refractivity contribution is 5.82. The van der Waals surface area contributed by atoms with E-state index in [-0.39, 0.29) is 31.3 Å². The van der Waals surface area contributed by atoms with Crippen LogP contribution in [0.25, 0.3) is 0 Å². The van der Waals surface area contributed by atoms with Gasteiger partial charge in [0.15, 0.2) is 6.10 Å². The predicted molar refractivity (Wildman–Crippen MR) is 273 cm³/mol. The zero-order chi connectivity index (χ0) is 47.4. The normalized spacial score (nSPS) is 13.0. The number of hydrogen-bond donors (Lipinski definition) is 1. The second kappa shape index (κ2) is 52.0. The SMILES string of the molecule is CCCCC/C=C\C/C=C\CCCCCCCC(=O)OCC(COC(=O)CCCCCCC/C=C\CCCCCCCC)OC(=O)C=CC=CCCCCCCC(CCCCCC)OO. The monoisotopic (exact) mass is 913 g/mol. The second-order valence-corrected chi connectivity index (χ2v) is 18.1. The van der Waals surface area contributed by atoms with Crippen LogP contribution >= 0.6 is 0 Å². The number of ether oxygens (including phenoxy) is 3. The Morgan fingerprint density at radius 1 is 0.415 bits per heavy atom. The Morgan fingerprint density at radius 3 is 1.26 bits per heavy atom. The maximum Gasteiger partial charge on any atom is 0.331 e. The van der Waals surface area contributed by atoms with Crippen LogP contribution in [0.2, 0.25) is 0 Å². The van der Waals surface area contributed by atoms with Gasteiger partial charge < -0.3 is 14.2 Å². The van der Waals surface area contributed by atoms with E-state index in [0.29, 0.717) is 12.8 Å². The van der Waals surface area contributed by atoms with Gasteiger partial charge in [-0.25, -0.2) is 9.68 Å². The van der Waals surface area contributed by atoms with Gasteiger partial charge in [-0.05, 0) is 96.3 Å². The molecule has 0 radical (unpaired) electrons. The molecule has 0 bridgehead atoms. The van der Waals surface area contributed by atoms with Crippen molar-refractivity contribution in [1.29, 1.82) is 0 Å². The van der Waals surface area contributed by atoms with Gasteiger partial charge in [0.1, 0.15) is 13.2 Å². The molecule has 1 N–H and O–H groups in total. The summed E-state index contributed by atoms with van der Waals surface area (Å²) in [5, 5.41) is 9.19. The molecular weight excluding hydrogens is 813 g/mol. The van der Waals surface area contributed by atoms with E-state index in [2.05, 4.69) is 62.1 Å². The number of esters is 3. The lowest BCUT2D eigenvalue weighted by Gasteiger charge is -2.17. The standard InChI is InChI=1S/C57H100O8/c1-4-7-10-13-15-17-19-21-23-25-27-29-34-38-43-48-55(58)62-51-54(52-63-56(59)49-44-39-35-30-28-26-24-22-20-18-16-14-11-8-5-2)64-57(60)50-45-40-36-32-31-33-37-42-47-53(65-61)46-41-12-9-6-3/h15,17,21-24,36,40,45,50,53-54,61H,4-14,16,18-20,25-35,37-39,41-44,46-49,51-52H2,1-3H3/b17-15-,23-21-,24-22-,40-36?,50-45?. The summed E-state index contributed by atoms with van der Waals surface area (Å²) < 4.78 is 16.6. The van der Waals surface area contributed by atoms with E-state index in [0.717, 1.165) is 128 Å². The summed E-state index contributed by atoms with van der Waals surface area (Å²) in [6.07, 6.45) is 59.6. The molecule has 376 valence electrons. The molecule has 0 aliphatic carbocycles. The van der Waals surface area contributed by atoms with Gasteiger partial charge >= 0.3 is 17.9 Å².